The number of aliphatic imine (C=N–C) groups is 1. The third-order valence-electron chi connectivity index (χ3n) is 3.44. The molecule has 0 radical (unpaired) electrons. The van der Waals surface area contributed by atoms with Crippen molar-refractivity contribution in [2.75, 3.05) is 27.4 Å². The minimum Gasteiger partial charge on any atom is -0.477 e. The Bertz CT molecular complexity index is 477. The minimum absolute atomic E-state index is 0. The monoisotopic (exact) mass is 434 g/mol. The topological polar surface area (TPSA) is 67.8 Å². The maximum absolute atomic E-state index is 5.63. The molecule has 1 aliphatic rings. The van der Waals surface area contributed by atoms with Crippen molar-refractivity contribution in [2.24, 2.45) is 10.9 Å². The van der Waals surface area contributed by atoms with Crippen molar-refractivity contribution in [3.05, 3.63) is 23.9 Å². The van der Waals surface area contributed by atoms with Gasteiger partial charge in [0.15, 0.2) is 5.96 Å². The molecular formula is C16H27IN4O2. The highest BCUT2D eigenvalue weighted by Gasteiger charge is 2.21. The maximum Gasteiger partial charge on any atom is 0.213 e. The molecule has 23 heavy (non-hydrogen) atoms. The van der Waals surface area contributed by atoms with E-state index >= 15 is 0 Å². The lowest BCUT2D eigenvalue weighted by molar-refractivity contribution is 0.179. The number of pyridine rings is 1. The summed E-state index contributed by atoms with van der Waals surface area (Å²) < 4.78 is 10.7. The quantitative estimate of drug-likeness (QED) is 0.373. The van der Waals surface area contributed by atoms with Crippen LogP contribution < -0.4 is 15.4 Å². The van der Waals surface area contributed by atoms with Gasteiger partial charge in [-0.25, -0.2) is 4.98 Å². The fourth-order valence-corrected chi connectivity index (χ4v) is 1.99. The van der Waals surface area contributed by atoms with Gasteiger partial charge in [0, 0.05) is 39.0 Å². The van der Waals surface area contributed by atoms with Crippen LogP contribution in [0.3, 0.4) is 0 Å². The van der Waals surface area contributed by atoms with E-state index in [-0.39, 0.29) is 30.0 Å². The van der Waals surface area contributed by atoms with Crippen molar-refractivity contribution in [3.8, 4) is 5.88 Å². The number of nitrogens with one attached hydrogen (secondary N) is 2. The van der Waals surface area contributed by atoms with Crippen molar-refractivity contribution in [1.29, 1.82) is 0 Å². The van der Waals surface area contributed by atoms with Gasteiger partial charge in [-0.2, -0.15) is 0 Å². The fraction of sp³-hybridized carbons (Fsp3) is 0.625. The normalized spacial score (nSPS) is 15.5. The molecule has 0 bridgehead atoms. The van der Waals surface area contributed by atoms with Gasteiger partial charge < -0.3 is 20.1 Å². The molecule has 2 rings (SSSR count). The van der Waals surface area contributed by atoms with E-state index in [0.29, 0.717) is 19.0 Å². The number of hydrogen-bond donors (Lipinski definition) is 2. The second kappa shape index (κ2) is 10.6. The Labute approximate surface area is 155 Å². The minimum atomic E-state index is 0. The number of halogens is 1. The van der Waals surface area contributed by atoms with E-state index in [1.807, 2.05) is 25.3 Å². The molecule has 1 unspecified atom stereocenters. The first-order valence-electron chi connectivity index (χ1n) is 7.75. The number of rotatable bonds is 8. The average Bonchev–Trinajstić information content (AvgIpc) is 3.35. The van der Waals surface area contributed by atoms with Crippen molar-refractivity contribution >= 4 is 29.9 Å². The van der Waals surface area contributed by atoms with E-state index in [1.165, 1.54) is 12.8 Å². The van der Waals surface area contributed by atoms with Crippen LogP contribution in [-0.2, 0) is 11.3 Å². The second-order valence-electron chi connectivity index (χ2n) is 5.69. The smallest absolute Gasteiger partial charge is 0.213 e. The second-order valence-corrected chi connectivity index (χ2v) is 5.69. The van der Waals surface area contributed by atoms with E-state index in [9.17, 15) is 0 Å². The van der Waals surface area contributed by atoms with Gasteiger partial charge in [-0.3, -0.25) is 4.99 Å². The molecule has 1 fully saturated rings. The van der Waals surface area contributed by atoms with Gasteiger partial charge in [-0.05, 0) is 31.2 Å². The van der Waals surface area contributed by atoms with Crippen molar-refractivity contribution in [1.82, 2.24) is 15.6 Å². The summed E-state index contributed by atoms with van der Waals surface area (Å²) >= 11 is 0. The highest BCUT2D eigenvalue weighted by molar-refractivity contribution is 14.0. The first-order valence-corrected chi connectivity index (χ1v) is 7.75. The van der Waals surface area contributed by atoms with Gasteiger partial charge >= 0.3 is 0 Å². The van der Waals surface area contributed by atoms with E-state index < -0.39 is 0 Å². The summed E-state index contributed by atoms with van der Waals surface area (Å²) in [5.41, 5.74) is 1.08. The summed E-state index contributed by atoms with van der Waals surface area (Å²) in [6.07, 6.45) is 4.41. The van der Waals surface area contributed by atoms with Gasteiger partial charge in [-0.1, -0.05) is 6.07 Å². The van der Waals surface area contributed by atoms with Crippen molar-refractivity contribution < 1.29 is 9.47 Å². The Hall–Kier alpha value is -1.09. The lowest BCUT2D eigenvalue weighted by Gasteiger charge is -2.17. The summed E-state index contributed by atoms with van der Waals surface area (Å²) in [4.78, 5) is 8.52. The Morgan fingerprint density at radius 1 is 1.43 bits per heavy atom. The predicted molar refractivity (Wildman–Crippen MR) is 103 cm³/mol. The molecule has 1 saturated carbocycles. The van der Waals surface area contributed by atoms with Crippen LogP contribution in [0.25, 0.3) is 0 Å². The van der Waals surface area contributed by atoms with Gasteiger partial charge in [0.1, 0.15) is 0 Å². The molecule has 1 aliphatic carbocycles. The molecule has 0 spiro atoms. The van der Waals surface area contributed by atoms with E-state index in [4.69, 9.17) is 9.47 Å². The molecule has 1 atom stereocenters. The van der Waals surface area contributed by atoms with Crippen LogP contribution in [0.2, 0.25) is 0 Å². The Kier molecular flexibility index (Phi) is 9.23. The first kappa shape index (κ1) is 20.0. The Morgan fingerprint density at radius 3 is 2.78 bits per heavy atom. The van der Waals surface area contributed by atoms with Crippen LogP contribution in [-0.4, -0.2) is 44.4 Å². The highest BCUT2D eigenvalue weighted by atomic mass is 127. The van der Waals surface area contributed by atoms with Gasteiger partial charge in [0.05, 0.1) is 13.2 Å². The van der Waals surface area contributed by atoms with Crippen LogP contribution in [0.15, 0.2) is 23.3 Å². The molecule has 1 aromatic heterocycles. The average molecular weight is 434 g/mol. The fourth-order valence-electron chi connectivity index (χ4n) is 1.99. The third-order valence-corrected chi connectivity index (χ3v) is 3.44. The van der Waals surface area contributed by atoms with Crippen molar-refractivity contribution in [3.63, 3.8) is 0 Å². The molecule has 7 heteroatoms. The van der Waals surface area contributed by atoms with Gasteiger partial charge in [0.25, 0.3) is 0 Å². The Balaban J connectivity index is 0.00000264. The maximum atomic E-state index is 5.63. The highest BCUT2D eigenvalue weighted by Crippen LogP contribution is 2.29. The molecule has 0 saturated heterocycles. The van der Waals surface area contributed by atoms with Crippen LogP contribution in [0.4, 0.5) is 0 Å². The zero-order chi connectivity index (χ0) is 15.8. The van der Waals surface area contributed by atoms with E-state index in [2.05, 4.69) is 20.6 Å². The largest absolute Gasteiger partial charge is 0.477 e. The third kappa shape index (κ3) is 7.83. The van der Waals surface area contributed by atoms with E-state index in [0.717, 1.165) is 24.0 Å². The molecule has 1 aromatic rings. The number of aromatic nitrogens is 1. The summed E-state index contributed by atoms with van der Waals surface area (Å²) in [6, 6.07) is 4.14. The number of methoxy groups -OCH3 is 1. The molecule has 6 nitrogen and oxygen atoms in total. The Morgan fingerprint density at radius 2 is 2.22 bits per heavy atom. The van der Waals surface area contributed by atoms with Crippen LogP contribution in [0.5, 0.6) is 5.88 Å². The predicted octanol–water partition coefficient (Wildman–Crippen LogP) is 2.19. The lowest BCUT2D eigenvalue weighted by atomic mass is 10.3. The van der Waals surface area contributed by atoms with Gasteiger partial charge in [-0.15, -0.1) is 24.0 Å². The molecule has 1 heterocycles. The summed E-state index contributed by atoms with van der Waals surface area (Å²) in [6.45, 7) is 4.13. The number of hydrogen-bond acceptors (Lipinski definition) is 4. The zero-order valence-electron chi connectivity index (χ0n) is 14.0. The van der Waals surface area contributed by atoms with E-state index in [1.54, 1.807) is 14.2 Å². The molecule has 0 aliphatic heterocycles. The summed E-state index contributed by atoms with van der Waals surface area (Å²) in [5, 5.41) is 6.51. The molecule has 130 valence electrons. The first-order chi connectivity index (χ1) is 10.7. The van der Waals surface area contributed by atoms with Gasteiger partial charge in [0.2, 0.25) is 5.88 Å². The lowest BCUT2D eigenvalue weighted by Crippen LogP contribution is -2.43. The zero-order valence-corrected chi connectivity index (χ0v) is 16.4. The SMILES string of the molecule is CN=C(NCc1ccc(OCC2CC2)nc1)NC(C)COC.I. The summed E-state index contributed by atoms with van der Waals surface area (Å²) in [5.74, 6) is 2.19. The number of nitrogens with zero attached hydrogens (tertiary/aromatic N) is 2. The van der Waals surface area contributed by atoms with Crippen molar-refractivity contribution in [2.45, 2.75) is 32.4 Å². The number of ether oxygens (including phenoxy) is 2. The van der Waals surface area contributed by atoms with Crippen LogP contribution in [0, 0.1) is 5.92 Å². The molecule has 2 N–H and O–H groups in total. The van der Waals surface area contributed by atoms with Crippen LogP contribution in [0.1, 0.15) is 25.3 Å². The molecule has 0 aromatic carbocycles. The number of guanidine groups is 1. The standard InChI is InChI=1S/C16H26N4O2.HI/c1-12(10-21-3)20-16(17-2)19-9-14-6-7-15(18-8-14)22-11-13-4-5-13;/h6-8,12-13H,4-5,9-11H2,1-3H3,(H2,17,19,20);1H. The van der Waals surface area contributed by atoms with Crippen LogP contribution >= 0.6 is 24.0 Å². The molecule has 0 amide bonds. The molecular weight excluding hydrogens is 407 g/mol. The summed E-state index contributed by atoms with van der Waals surface area (Å²) in [7, 11) is 3.44.